The van der Waals surface area contributed by atoms with Crippen molar-refractivity contribution in [1.82, 2.24) is 10.2 Å². The molecule has 6 nitrogen and oxygen atoms in total. The second kappa shape index (κ2) is 9.22. The van der Waals surface area contributed by atoms with Crippen LogP contribution in [-0.4, -0.2) is 49.6 Å². The maximum atomic E-state index is 11.7. The van der Waals surface area contributed by atoms with E-state index in [0.717, 1.165) is 62.9 Å². The number of guanidine groups is 1. The summed E-state index contributed by atoms with van der Waals surface area (Å²) in [4.78, 5) is 18.9. The molecule has 0 radical (unpaired) electrons. The quantitative estimate of drug-likeness (QED) is 0.595. The minimum absolute atomic E-state index is 0.0663. The summed E-state index contributed by atoms with van der Waals surface area (Å²) in [5, 5.41) is 6.35. The number of amides is 1. The first-order valence-corrected chi connectivity index (χ1v) is 10.1. The number of aliphatic imine (C=N–C) groups is 1. The average molecular weight is 373 g/mol. The molecular weight excluding hydrogens is 340 g/mol. The number of carbonyl (C=O) groups excluding carboxylic acids is 1. The molecule has 0 aliphatic carbocycles. The number of hydrogen-bond donors (Lipinski definition) is 2. The zero-order chi connectivity index (χ0) is 19.1. The van der Waals surface area contributed by atoms with Crippen LogP contribution in [-0.2, 0) is 16.1 Å². The number of rotatable bonds is 6. The molecule has 2 aliphatic heterocycles. The summed E-state index contributed by atoms with van der Waals surface area (Å²) in [6, 6.07) is 7.97. The number of ether oxygens (including phenoxy) is 1. The molecule has 1 unspecified atom stereocenters. The number of nitrogens with one attached hydrogen (secondary N) is 2. The van der Waals surface area contributed by atoms with Crippen LogP contribution in [0.4, 0.5) is 5.69 Å². The summed E-state index contributed by atoms with van der Waals surface area (Å²) >= 11 is 0. The third-order valence-electron chi connectivity index (χ3n) is 5.38. The van der Waals surface area contributed by atoms with Crippen molar-refractivity contribution in [3.63, 3.8) is 0 Å². The summed E-state index contributed by atoms with van der Waals surface area (Å²) in [6.07, 6.45) is 3.76. The van der Waals surface area contributed by atoms with Gasteiger partial charge in [0.1, 0.15) is 0 Å². The van der Waals surface area contributed by atoms with Crippen molar-refractivity contribution >= 4 is 17.6 Å². The number of anilines is 1. The van der Waals surface area contributed by atoms with Crippen LogP contribution in [0.25, 0.3) is 0 Å². The Balaban J connectivity index is 1.59. The molecule has 1 spiro atoms. The fourth-order valence-electron chi connectivity index (χ4n) is 3.82. The van der Waals surface area contributed by atoms with Gasteiger partial charge in [0.05, 0.1) is 13.2 Å². The van der Waals surface area contributed by atoms with Gasteiger partial charge in [-0.3, -0.25) is 4.79 Å². The molecule has 6 heteroatoms. The van der Waals surface area contributed by atoms with Crippen molar-refractivity contribution in [2.24, 2.45) is 10.4 Å². The van der Waals surface area contributed by atoms with Crippen molar-refractivity contribution in [1.29, 1.82) is 0 Å². The van der Waals surface area contributed by atoms with Gasteiger partial charge >= 0.3 is 0 Å². The molecule has 3 rings (SSSR count). The van der Waals surface area contributed by atoms with Crippen LogP contribution in [0.5, 0.6) is 0 Å². The molecule has 2 heterocycles. The Hall–Kier alpha value is -2.08. The number of benzene rings is 1. The van der Waals surface area contributed by atoms with Crippen LogP contribution >= 0.6 is 0 Å². The molecule has 1 aromatic carbocycles. The van der Waals surface area contributed by atoms with Crippen molar-refractivity contribution in [2.45, 2.75) is 46.1 Å². The van der Waals surface area contributed by atoms with Gasteiger partial charge in [-0.05, 0) is 43.9 Å². The highest BCUT2D eigenvalue weighted by atomic mass is 16.5. The monoisotopic (exact) mass is 372 g/mol. The second-order valence-corrected chi connectivity index (χ2v) is 7.64. The summed E-state index contributed by atoms with van der Waals surface area (Å²) in [5.74, 6) is 1.05. The van der Waals surface area contributed by atoms with E-state index in [9.17, 15) is 4.79 Å². The van der Waals surface area contributed by atoms with Gasteiger partial charge < -0.3 is 20.3 Å². The van der Waals surface area contributed by atoms with E-state index in [-0.39, 0.29) is 5.91 Å². The average Bonchev–Trinajstić information content (AvgIpc) is 3.30. The molecule has 148 valence electrons. The Bertz CT molecular complexity index is 651. The molecular formula is C21H32N4O2. The van der Waals surface area contributed by atoms with Crippen molar-refractivity contribution in [3.05, 3.63) is 29.8 Å². The first kappa shape index (κ1) is 19.7. The van der Waals surface area contributed by atoms with Crippen molar-refractivity contribution in [3.8, 4) is 0 Å². The fraction of sp³-hybridized carbons (Fsp3) is 0.619. The lowest BCUT2D eigenvalue weighted by molar-refractivity contribution is -0.116. The largest absolute Gasteiger partial charge is 0.381 e. The first-order chi connectivity index (χ1) is 13.1. The molecule has 2 N–H and O–H groups in total. The zero-order valence-electron chi connectivity index (χ0n) is 16.6. The number of nitrogens with zero attached hydrogens (tertiary/aromatic N) is 2. The fourth-order valence-corrected chi connectivity index (χ4v) is 3.82. The Morgan fingerprint density at radius 2 is 2.07 bits per heavy atom. The Kier molecular flexibility index (Phi) is 6.72. The van der Waals surface area contributed by atoms with E-state index in [4.69, 9.17) is 9.73 Å². The molecule has 0 bridgehead atoms. The highest BCUT2D eigenvalue weighted by molar-refractivity contribution is 5.90. The summed E-state index contributed by atoms with van der Waals surface area (Å²) in [6.45, 7) is 9.45. The van der Waals surface area contributed by atoms with Gasteiger partial charge in [-0.15, -0.1) is 0 Å². The lowest BCUT2D eigenvalue weighted by atomic mass is 9.87. The standard InChI is InChI=1S/C21H32N4O2/c1-3-5-19(26)24-18-8-6-17(7-9-18)14-23-20(22-4-2)25-12-10-21(15-25)11-13-27-16-21/h6-9H,3-5,10-16H2,1-2H3,(H,22,23)(H,24,26). The highest BCUT2D eigenvalue weighted by Gasteiger charge is 2.42. The molecule has 2 fully saturated rings. The molecule has 27 heavy (non-hydrogen) atoms. The zero-order valence-corrected chi connectivity index (χ0v) is 16.6. The van der Waals surface area contributed by atoms with Crippen LogP contribution in [0, 0.1) is 5.41 Å². The third kappa shape index (κ3) is 5.22. The third-order valence-corrected chi connectivity index (χ3v) is 5.38. The Morgan fingerprint density at radius 1 is 1.26 bits per heavy atom. The Labute approximate surface area is 162 Å². The summed E-state index contributed by atoms with van der Waals surface area (Å²) in [7, 11) is 0. The van der Waals surface area contributed by atoms with Gasteiger partial charge in [-0.2, -0.15) is 0 Å². The minimum Gasteiger partial charge on any atom is -0.381 e. The topological polar surface area (TPSA) is 66.0 Å². The summed E-state index contributed by atoms with van der Waals surface area (Å²) < 4.78 is 5.64. The van der Waals surface area contributed by atoms with E-state index < -0.39 is 0 Å². The SMILES string of the molecule is CCCC(=O)Nc1ccc(CN=C(NCC)N2CCC3(CCOC3)C2)cc1. The lowest BCUT2D eigenvalue weighted by Gasteiger charge is -2.25. The van der Waals surface area contributed by atoms with Crippen LogP contribution in [0.2, 0.25) is 0 Å². The van der Waals surface area contributed by atoms with Crippen LogP contribution in [0.3, 0.4) is 0 Å². The summed E-state index contributed by atoms with van der Waals surface area (Å²) in [5.41, 5.74) is 2.31. The predicted octanol–water partition coefficient (Wildman–Crippen LogP) is 3.00. The van der Waals surface area contributed by atoms with Crippen molar-refractivity contribution in [2.75, 3.05) is 38.2 Å². The van der Waals surface area contributed by atoms with Crippen LogP contribution in [0.15, 0.2) is 29.3 Å². The van der Waals surface area contributed by atoms with Gasteiger partial charge in [0.25, 0.3) is 0 Å². The molecule has 1 amide bonds. The van der Waals surface area contributed by atoms with E-state index in [2.05, 4.69) is 22.5 Å². The predicted molar refractivity (Wildman–Crippen MR) is 109 cm³/mol. The molecule has 2 aliphatic rings. The lowest BCUT2D eigenvalue weighted by Crippen LogP contribution is -2.41. The maximum Gasteiger partial charge on any atom is 0.224 e. The molecule has 1 atom stereocenters. The van der Waals surface area contributed by atoms with Crippen LogP contribution in [0.1, 0.15) is 45.1 Å². The van der Waals surface area contributed by atoms with E-state index >= 15 is 0 Å². The van der Waals surface area contributed by atoms with E-state index in [0.29, 0.717) is 18.4 Å². The minimum atomic E-state index is 0.0663. The van der Waals surface area contributed by atoms with Crippen LogP contribution < -0.4 is 10.6 Å². The molecule has 0 saturated carbocycles. The Morgan fingerprint density at radius 3 is 2.74 bits per heavy atom. The van der Waals surface area contributed by atoms with Gasteiger partial charge in [-0.25, -0.2) is 4.99 Å². The number of carbonyl (C=O) groups is 1. The first-order valence-electron chi connectivity index (χ1n) is 10.1. The number of hydrogen-bond acceptors (Lipinski definition) is 3. The highest BCUT2D eigenvalue weighted by Crippen LogP contribution is 2.38. The smallest absolute Gasteiger partial charge is 0.224 e. The molecule has 0 aromatic heterocycles. The van der Waals surface area contributed by atoms with Gasteiger partial charge in [0.15, 0.2) is 5.96 Å². The number of likely N-dealkylation sites (tertiary alicyclic amines) is 1. The molecule has 2 saturated heterocycles. The van der Waals surface area contributed by atoms with Gasteiger partial charge in [-0.1, -0.05) is 19.1 Å². The maximum absolute atomic E-state index is 11.7. The molecule has 1 aromatic rings. The van der Waals surface area contributed by atoms with Gasteiger partial charge in [0.2, 0.25) is 5.91 Å². The van der Waals surface area contributed by atoms with E-state index in [1.54, 1.807) is 0 Å². The second-order valence-electron chi connectivity index (χ2n) is 7.64. The van der Waals surface area contributed by atoms with Gasteiger partial charge in [0, 0.05) is 43.8 Å². The normalized spacial score (nSPS) is 22.4. The van der Waals surface area contributed by atoms with Crippen molar-refractivity contribution < 1.29 is 9.53 Å². The van der Waals surface area contributed by atoms with E-state index in [1.807, 2.05) is 31.2 Å². The van der Waals surface area contributed by atoms with E-state index in [1.165, 1.54) is 6.42 Å².